The second-order valence-electron chi connectivity index (χ2n) is 8.64. The Kier molecular flexibility index (Phi) is 5.97. The summed E-state index contributed by atoms with van der Waals surface area (Å²) in [6.07, 6.45) is 2.35. The number of quaternary nitrogens is 1. The summed E-state index contributed by atoms with van der Waals surface area (Å²) in [5, 5.41) is 13.6. The standard InChI is InChI=1S/C22H30N6O2/c1-14-6-5-7-27(13-14)20(21-24-25-26-28(21)8-9-30-4)18-12-17-16(3)10-15(2)11-19(17)23-22(18)29/h10-12,14,20H,5-9,13H2,1-4H3,(H,23,29)/p+1/t14-,20-/m0/s1. The van der Waals surface area contributed by atoms with Crippen LogP contribution in [0.3, 0.4) is 0 Å². The van der Waals surface area contributed by atoms with E-state index in [0.717, 1.165) is 52.9 Å². The van der Waals surface area contributed by atoms with E-state index in [9.17, 15) is 4.79 Å². The van der Waals surface area contributed by atoms with Crippen LogP contribution in [0.2, 0.25) is 0 Å². The fraction of sp³-hybridized carbons (Fsp3) is 0.545. The van der Waals surface area contributed by atoms with Crippen LogP contribution in [0.5, 0.6) is 0 Å². The van der Waals surface area contributed by atoms with E-state index >= 15 is 0 Å². The number of piperidine rings is 1. The number of aromatic amines is 1. The first-order valence-corrected chi connectivity index (χ1v) is 10.7. The minimum Gasteiger partial charge on any atom is -0.383 e. The Labute approximate surface area is 176 Å². The highest BCUT2D eigenvalue weighted by molar-refractivity contribution is 5.83. The number of hydrogen-bond acceptors (Lipinski definition) is 5. The molecule has 0 spiro atoms. The number of benzene rings is 1. The normalized spacial score (nSPS) is 20.5. The van der Waals surface area contributed by atoms with Crippen molar-refractivity contribution in [3.63, 3.8) is 0 Å². The topological polar surface area (TPSA) is 90.1 Å². The van der Waals surface area contributed by atoms with Crippen LogP contribution in [0.15, 0.2) is 23.0 Å². The molecule has 0 bridgehead atoms. The Morgan fingerprint density at radius 2 is 2.17 bits per heavy atom. The van der Waals surface area contributed by atoms with Gasteiger partial charge in [-0.05, 0) is 60.4 Å². The molecule has 1 aliphatic heterocycles. The molecule has 2 N–H and O–H groups in total. The van der Waals surface area contributed by atoms with Crippen LogP contribution in [0.25, 0.3) is 10.9 Å². The maximum atomic E-state index is 13.3. The van der Waals surface area contributed by atoms with Gasteiger partial charge in [0.2, 0.25) is 5.82 Å². The van der Waals surface area contributed by atoms with Gasteiger partial charge < -0.3 is 14.6 Å². The monoisotopic (exact) mass is 411 g/mol. The SMILES string of the molecule is COCCn1nnnc1[C@H](c1cc2c(C)cc(C)cc2[nH]c1=O)[NH+]1CCC[C@H](C)C1. The molecular formula is C22H31N6O2+. The van der Waals surface area contributed by atoms with Crippen LogP contribution in [-0.4, -0.2) is 52.0 Å². The number of methoxy groups -OCH3 is 1. The number of ether oxygens (including phenoxy) is 1. The van der Waals surface area contributed by atoms with Gasteiger partial charge in [0, 0.05) is 23.9 Å². The quantitative estimate of drug-likeness (QED) is 0.636. The fourth-order valence-corrected chi connectivity index (χ4v) is 4.79. The molecule has 8 heteroatoms. The number of H-pyrrole nitrogens is 1. The second-order valence-corrected chi connectivity index (χ2v) is 8.64. The predicted octanol–water partition coefficient (Wildman–Crippen LogP) is 1.18. The minimum absolute atomic E-state index is 0.0653. The van der Waals surface area contributed by atoms with Gasteiger partial charge in [0.1, 0.15) is 0 Å². The first-order valence-electron chi connectivity index (χ1n) is 10.7. The van der Waals surface area contributed by atoms with Gasteiger partial charge in [-0.25, -0.2) is 4.68 Å². The molecule has 1 aromatic carbocycles. The summed E-state index contributed by atoms with van der Waals surface area (Å²) in [7, 11) is 1.66. The summed E-state index contributed by atoms with van der Waals surface area (Å²) in [5.74, 6) is 1.33. The molecule has 3 heterocycles. The van der Waals surface area contributed by atoms with E-state index in [1.807, 2.05) is 13.0 Å². The van der Waals surface area contributed by atoms with Crippen molar-refractivity contribution >= 4 is 10.9 Å². The Morgan fingerprint density at radius 1 is 1.33 bits per heavy atom. The molecule has 1 aliphatic rings. The van der Waals surface area contributed by atoms with Crippen molar-refractivity contribution in [2.45, 2.75) is 46.2 Å². The molecule has 4 rings (SSSR count). The maximum Gasteiger partial charge on any atom is 0.258 e. The number of pyridine rings is 1. The van der Waals surface area contributed by atoms with Crippen molar-refractivity contribution in [3.05, 3.63) is 51.1 Å². The Hall–Kier alpha value is -2.58. The fourth-order valence-electron chi connectivity index (χ4n) is 4.79. The lowest BCUT2D eigenvalue weighted by Gasteiger charge is -2.33. The molecule has 1 fully saturated rings. The number of hydrogen-bond donors (Lipinski definition) is 2. The highest BCUT2D eigenvalue weighted by atomic mass is 16.5. The zero-order chi connectivity index (χ0) is 21.3. The summed E-state index contributed by atoms with van der Waals surface area (Å²) < 4.78 is 7.02. The summed E-state index contributed by atoms with van der Waals surface area (Å²) >= 11 is 0. The summed E-state index contributed by atoms with van der Waals surface area (Å²) in [6.45, 7) is 9.48. The van der Waals surface area contributed by atoms with E-state index < -0.39 is 0 Å². The molecule has 3 atom stereocenters. The highest BCUT2D eigenvalue weighted by Gasteiger charge is 2.36. The van der Waals surface area contributed by atoms with Gasteiger partial charge in [-0.15, -0.1) is 5.10 Å². The number of aromatic nitrogens is 5. The zero-order valence-electron chi connectivity index (χ0n) is 18.2. The average Bonchev–Trinajstić information content (AvgIpc) is 3.15. The van der Waals surface area contributed by atoms with Crippen molar-refractivity contribution < 1.29 is 9.64 Å². The number of fused-ring (bicyclic) bond motifs is 1. The molecule has 1 saturated heterocycles. The molecule has 0 amide bonds. The third-order valence-electron chi connectivity index (χ3n) is 6.19. The van der Waals surface area contributed by atoms with Crippen LogP contribution in [0.1, 0.15) is 48.3 Å². The van der Waals surface area contributed by atoms with E-state index in [1.165, 1.54) is 11.3 Å². The maximum absolute atomic E-state index is 13.3. The number of aryl methyl sites for hydroxylation is 2. The molecule has 0 aliphatic carbocycles. The number of rotatable bonds is 6. The molecule has 160 valence electrons. The van der Waals surface area contributed by atoms with E-state index in [4.69, 9.17) is 4.74 Å². The number of likely N-dealkylation sites (tertiary alicyclic amines) is 1. The van der Waals surface area contributed by atoms with Gasteiger partial charge >= 0.3 is 0 Å². The number of nitrogens with one attached hydrogen (secondary N) is 2. The molecule has 3 aromatic rings. The van der Waals surface area contributed by atoms with Gasteiger partial charge in [-0.1, -0.05) is 13.0 Å². The van der Waals surface area contributed by atoms with Crippen molar-refractivity contribution in [1.29, 1.82) is 0 Å². The molecule has 8 nitrogen and oxygen atoms in total. The molecule has 0 radical (unpaired) electrons. The van der Waals surface area contributed by atoms with E-state index in [2.05, 4.69) is 46.5 Å². The van der Waals surface area contributed by atoms with Crippen LogP contribution in [0.4, 0.5) is 0 Å². The van der Waals surface area contributed by atoms with Gasteiger partial charge in [0.15, 0.2) is 6.04 Å². The first-order chi connectivity index (χ1) is 14.5. The Morgan fingerprint density at radius 3 is 2.93 bits per heavy atom. The first kappa shape index (κ1) is 20.7. The van der Waals surface area contributed by atoms with Crippen LogP contribution in [0, 0.1) is 19.8 Å². The number of tetrazole rings is 1. The van der Waals surface area contributed by atoms with Crippen LogP contribution < -0.4 is 10.5 Å². The molecule has 2 aromatic heterocycles. The molecule has 30 heavy (non-hydrogen) atoms. The van der Waals surface area contributed by atoms with Crippen LogP contribution in [-0.2, 0) is 11.3 Å². The van der Waals surface area contributed by atoms with E-state index in [0.29, 0.717) is 19.1 Å². The van der Waals surface area contributed by atoms with Gasteiger partial charge in [0.25, 0.3) is 5.56 Å². The smallest absolute Gasteiger partial charge is 0.258 e. The Balaban J connectivity index is 1.87. The summed E-state index contributed by atoms with van der Waals surface area (Å²) in [6, 6.07) is 6.02. The van der Waals surface area contributed by atoms with Crippen molar-refractivity contribution in [2.24, 2.45) is 5.92 Å². The largest absolute Gasteiger partial charge is 0.383 e. The van der Waals surface area contributed by atoms with E-state index in [1.54, 1.807) is 11.8 Å². The summed E-state index contributed by atoms with van der Waals surface area (Å²) in [4.78, 5) is 17.7. The van der Waals surface area contributed by atoms with E-state index in [-0.39, 0.29) is 11.6 Å². The molecule has 0 saturated carbocycles. The van der Waals surface area contributed by atoms with Gasteiger partial charge in [-0.3, -0.25) is 4.79 Å². The minimum atomic E-state index is -0.214. The predicted molar refractivity (Wildman–Crippen MR) is 115 cm³/mol. The third kappa shape index (κ3) is 4.02. The molecular weight excluding hydrogens is 380 g/mol. The van der Waals surface area contributed by atoms with Gasteiger partial charge in [0.05, 0.1) is 31.8 Å². The van der Waals surface area contributed by atoms with Crippen molar-refractivity contribution in [2.75, 3.05) is 26.8 Å². The van der Waals surface area contributed by atoms with Crippen molar-refractivity contribution in [3.8, 4) is 0 Å². The lowest BCUT2D eigenvalue weighted by Crippen LogP contribution is -3.14. The third-order valence-corrected chi connectivity index (χ3v) is 6.19. The average molecular weight is 412 g/mol. The highest BCUT2D eigenvalue weighted by Crippen LogP contribution is 2.23. The van der Waals surface area contributed by atoms with Crippen LogP contribution >= 0.6 is 0 Å². The zero-order valence-corrected chi connectivity index (χ0v) is 18.2. The molecule has 1 unspecified atom stereocenters. The number of nitrogens with zero attached hydrogens (tertiary/aromatic N) is 4. The summed E-state index contributed by atoms with van der Waals surface area (Å²) in [5.41, 5.74) is 3.83. The van der Waals surface area contributed by atoms with Crippen molar-refractivity contribution in [1.82, 2.24) is 25.2 Å². The lowest BCUT2D eigenvalue weighted by molar-refractivity contribution is -0.934. The second kappa shape index (κ2) is 8.65. The van der Waals surface area contributed by atoms with Gasteiger partial charge in [-0.2, -0.15) is 0 Å². The lowest BCUT2D eigenvalue weighted by atomic mass is 9.95. The Bertz CT molecular complexity index is 1090.